The number of imide groups is 1. The van der Waals surface area contributed by atoms with Crippen LogP contribution >= 0.6 is 0 Å². The van der Waals surface area contributed by atoms with E-state index in [4.69, 9.17) is 0 Å². The number of hydrazine groups is 1. The van der Waals surface area contributed by atoms with E-state index in [-0.39, 0.29) is 41.2 Å². The van der Waals surface area contributed by atoms with Crippen molar-refractivity contribution in [1.82, 2.24) is 25.9 Å². The number of aromatic amines is 1. The van der Waals surface area contributed by atoms with Gasteiger partial charge in [0.2, 0.25) is 11.8 Å². The minimum atomic E-state index is -0.645. The molecule has 2 bridgehead atoms. The van der Waals surface area contributed by atoms with Crippen molar-refractivity contribution in [3.8, 4) is 11.3 Å². The molecule has 2 heterocycles. The molecule has 4 amide bonds. The van der Waals surface area contributed by atoms with Gasteiger partial charge in [-0.05, 0) is 24.3 Å². The Bertz CT molecular complexity index is 1050. The maximum absolute atomic E-state index is 12.6. The molecule has 1 saturated carbocycles. The first-order valence-corrected chi connectivity index (χ1v) is 9.76. The summed E-state index contributed by atoms with van der Waals surface area (Å²) in [6.07, 6.45) is 4.82. The SMILES string of the molecule is O=C(CN1C(=O)[C@@H]2[C@H](C1=O)[C@H]1C=C[C@@H]2C1)NNC(=O)c1cc(-c2ccccc2)n[nH]1. The Morgan fingerprint density at radius 3 is 2.37 bits per heavy atom. The van der Waals surface area contributed by atoms with Crippen LogP contribution < -0.4 is 10.9 Å². The summed E-state index contributed by atoms with van der Waals surface area (Å²) in [5.41, 5.74) is 6.13. The lowest BCUT2D eigenvalue weighted by molar-refractivity contribution is -0.144. The van der Waals surface area contributed by atoms with Gasteiger partial charge in [-0.15, -0.1) is 0 Å². The lowest BCUT2D eigenvalue weighted by atomic mass is 9.85. The first-order chi connectivity index (χ1) is 14.5. The number of rotatable bonds is 4. The molecule has 1 aromatic heterocycles. The number of benzene rings is 1. The first-order valence-electron chi connectivity index (χ1n) is 9.76. The van der Waals surface area contributed by atoms with E-state index in [2.05, 4.69) is 21.0 Å². The van der Waals surface area contributed by atoms with Gasteiger partial charge in [-0.3, -0.25) is 40.0 Å². The van der Waals surface area contributed by atoms with Crippen LogP contribution in [0.1, 0.15) is 16.9 Å². The fourth-order valence-electron chi connectivity index (χ4n) is 4.69. The van der Waals surface area contributed by atoms with Crippen LogP contribution in [0.4, 0.5) is 0 Å². The van der Waals surface area contributed by atoms with Crippen molar-refractivity contribution in [1.29, 1.82) is 0 Å². The summed E-state index contributed by atoms with van der Waals surface area (Å²) in [5, 5.41) is 6.71. The van der Waals surface area contributed by atoms with Crippen LogP contribution in [0.25, 0.3) is 11.3 Å². The highest BCUT2D eigenvalue weighted by molar-refractivity contribution is 6.08. The van der Waals surface area contributed by atoms with Crippen LogP contribution in [0.5, 0.6) is 0 Å². The third-order valence-electron chi connectivity index (χ3n) is 6.07. The van der Waals surface area contributed by atoms with Crippen molar-refractivity contribution in [3.05, 3.63) is 54.2 Å². The summed E-state index contributed by atoms with van der Waals surface area (Å²) in [4.78, 5) is 50.7. The number of fused-ring (bicyclic) bond motifs is 5. The third kappa shape index (κ3) is 2.90. The Morgan fingerprint density at radius 2 is 1.70 bits per heavy atom. The minimum absolute atomic E-state index is 0.0865. The topological polar surface area (TPSA) is 124 Å². The third-order valence-corrected chi connectivity index (χ3v) is 6.07. The van der Waals surface area contributed by atoms with Crippen molar-refractivity contribution in [3.63, 3.8) is 0 Å². The van der Waals surface area contributed by atoms with Crippen molar-refractivity contribution >= 4 is 23.6 Å². The zero-order valence-corrected chi connectivity index (χ0v) is 15.9. The van der Waals surface area contributed by atoms with E-state index < -0.39 is 18.4 Å². The molecule has 2 aromatic rings. The van der Waals surface area contributed by atoms with Crippen molar-refractivity contribution < 1.29 is 19.2 Å². The molecule has 1 aliphatic heterocycles. The molecule has 0 radical (unpaired) electrons. The summed E-state index contributed by atoms with van der Waals surface area (Å²) < 4.78 is 0. The zero-order chi connectivity index (χ0) is 20.8. The Balaban J connectivity index is 1.17. The van der Waals surface area contributed by atoms with Crippen LogP contribution in [0.15, 0.2) is 48.6 Å². The van der Waals surface area contributed by atoms with E-state index in [9.17, 15) is 19.2 Å². The largest absolute Gasteiger partial charge is 0.287 e. The Labute approximate surface area is 171 Å². The molecule has 2 aliphatic carbocycles. The summed E-state index contributed by atoms with van der Waals surface area (Å²) in [5.74, 6) is -2.36. The second kappa shape index (κ2) is 6.94. The molecule has 4 atom stereocenters. The van der Waals surface area contributed by atoms with E-state index in [0.29, 0.717) is 5.69 Å². The molecular formula is C21H19N5O4. The molecule has 9 nitrogen and oxygen atoms in total. The predicted octanol–water partition coefficient (Wildman–Crippen LogP) is 0.645. The van der Waals surface area contributed by atoms with E-state index >= 15 is 0 Å². The second-order valence-corrected chi connectivity index (χ2v) is 7.80. The molecule has 1 aromatic carbocycles. The molecule has 3 aliphatic rings. The Kier molecular flexibility index (Phi) is 4.23. The van der Waals surface area contributed by atoms with Gasteiger partial charge in [-0.25, -0.2) is 0 Å². The summed E-state index contributed by atoms with van der Waals surface area (Å²) in [6, 6.07) is 10.9. The number of likely N-dealkylation sites (tertiary alicyclic amines) is 1. The molecule has 2 fully saturated rings. The van der Waals surface area contributed by atoms with Gasteiger partial charge in [0.05, 0.1) is 17.5 Å². The molecule has 0 spiro atoms. The van der Waals surface area contributed by atoms with E-state index in [1.165, 1.54) is 0 Å². The van der Waals surface area contributed by atoms with Crippen LogP contribution in [-0.4, -0.2) is 45.3 Å². The number of aromatic nitrogens is 2. The van der Waals surface area contributed by atoms with Crippen LogP contribution in [0, 0.1) is 23.7 Å². The van der Waals surface area contributed by atoms with Crippen LogP contribution in [0.2, 0.25) is 0 Å². The number of hydrogen-bond acceptors (Lipinski definition) is 5. The molecule has 9 heteroatoms. The predicted molar refractivity (Wildman–Crippen MR) is 104 cm³/mol. The molecule has 5 rings (SSSR count). The van der Waals surface area contributed by atoms with Crippen LogP contribution in [-0.2, 0) is 14.4 Å². The number of amides is 4. The highest BCUT2D eigenvalue weighted by Gasteiger charge is 2.59. The standard InChI is InChI=1S/C21H19N5O4/c27-16(10-26-20(29)17-12-6-7-13(8-12)18(17)21(26)30)24-25-19(28)15-9-14(22-23-15)11-4-2-1-3-5-11/h1-7,9,12-13,17-18H,8,10H2,(H,22,23)(H,24,27)(H,25,28)/t12-,13+,17+,18-. The van der Waals surface area contributed by atoms with Gasteiger partial charge in [0.25, 0.3) is 11.8 Å². The monoisotopic (exact) mass is 405 g/mol. The molecule has 152 valence electrons. The molecular weight excluding hydrogens is 386 g/mol. The average molecular weight is 405 g/mol. The van der Waals surface area contributed by atoms with E-state index in [1.54, 1.807) is 6.07 Å². The fraction of sp³-hybridized carbons (Fsp3) is 0.286. The van der Waals surface area contributed by atoms with Crippen molar-refractivity contribution in [2.75, 3.05) is 6.54 Å². The number of allylic oxidation sites excluding steroid dienone is 2. The molecule has 1 saturated heterocycles. The number of carbonyl (C=O) groups excluding carboxylic acids is 4. The Hall–Kier alpha value is -3.75. The van der Waals surface area contributed by atoms with Gasteiger partial charge < -0.3 is 0 Å². The fourth-order valence-corrected chi connectivity index (χ4v) is 4.69. The Morgan fingerprint density at radius 1 is 1.03 bits per heavy atom. The number of H-pyrrole nitrogens is 1. The normalized spacial score (nSPS) is 26.2. The lowest BCUT2D eigenvalue weighted by Crippen LogP contribution is -2.48. The van der Waals surface area contributed by atoms with Gasteiger partial charge >= 0.3 is 0 Å². The average Bonchev–Trinajstić information content (AvgIpc) is 3.54. The van der Waals surface area contributed by atoms with Gasteiger partial charge in [-0.1, -0.05) is 42.5 Å². The highest BCUT2D eigenvalue weighted by Crippen LogP contribution is 2.52. The summed E-state index contributed by atoms with van der Waals surface area (Å²) >= 11 is 0. The maximum Gasteiger partial charge on any atom is 0.287 e. The number of nitrogens with one attached hydrogen (secondary N) is 3. The lowest BCUT2D eigenvalue weighted by Gasteiger charge is -2.16. The molecule has 0 unspecified atom stereocenters. The van der Waals surface area contributed by atoms with Gasteiger partial charge in [0, 0.05) is 5.56 Å². The minimum Gasteiger partial charge on any atom is -0.274 e. The van der Waals surface area contributed by atoms with E-state index in [1.807, 2.05) is 42.5 Å². The highest BCUT2D eigenvalue weighted by atomic mass is 16.2. The smallest absolute Gasteiger partial charge is 0.274 e. The second-order valence-electron chi connectivity index (χ2n) is 7.80. The number of nitrogens with zero attached hydrogens (tertiary/aromatic N) is 2. The zero-order valence-electron chi connectivity index (χ0n) is 15.9. The van der Waals surface area contributed by atoms with Gasteiger partial charge in [-0.2, -0.15) is 5.10 Å². The van der Waals surface area contributed by atoms with E-state index in [0.717, 1.165) is 16.9 Å². The number of carbonyl (C=O) groups is 4. The summed E-state index contributed by atoms with van der Waals surface area (Å²) in [7, 11) is 0. The van der Waals surface area contributed by atoms with Crippen molar-refractivity contribution in [2.45, 2.75) is 6.42 Å². The van der Waals surface area contributed by atoms with Crippen LogP contribution in [0.3, 0.4) is 0 Å². The quantitative estimate of drug-likeness (QED) is 0.391. The first kappa shape index (κ1) is 18.3. The van der Waals surface area contributed by atoms with Gasteiger partial charge in [0.1, 0.15) is 12.2 Å². The maximum atomic E-state index is 12.6. The molecule has 30 heavy (non-hydrogen) atoms. The number of hydrogen-bond donors (Lipinski definition) is 3. The van der Waals surface area contributed by atoms with Crippen molar-refractivity contribution in [2.24, 2.45) is 23.7 Å². The molecule has 3 N–H and O–H groups in total. The van der Waals surface area contributed by atoms with Gasteiger partial charge in [0.15, 0.2) is 0 Å². The summed E-state index contributed by atoms with van der Waals surface area (Å²) in [6.45, 7) is -0.414.